The van der Waals surface area contributed by atoms with Gasteiger partial charge in [0, 0.05) is 13.1 Å². The predicted octanol–water partition coefficient (Wildman–Crippen LogP) is 1.76. The number of rotatable bonds is 3. The fraction of sp³-hybridized carbons (Fsp3) is 0.667. The Kier molecular flexibility index (Phi) is 4.70. The van der Waals surface area contributed by atoms with Crippen LogP contribution in [0.4, 0.5) is 5.13 Å². The van der Waals surface area contributed by atoms with Crippen LogP contribution < -0.4 is 5.73 Å². The molecule has 106 valence electrons. The van der Waals surface area contributed by atoms with Crippen molar-refractivity contribution >= 4 is 34.1 Å². The molecule has 0 aromatic carbocycles. The molecule has 1 saturated heterocycles. The van der Waals surface area contributed by atoms with Crippen LogP contribution in [0.2, 0.25) is 0 Å². The van der Waals surface area contributed by atoms with E-state index in [1.165, 1.54) is 23.1 Å². The lowest BCUT2D eigenvalue weighted by atomic mass is 10.2. The first kappa shape index (κ1) is 14.6. The van der Waals surface area contributed by atoms with E-state index in [1.54, 1.807) is 0 Å². The number of thioether (sulfide) groups is 1. The summed E-state index contributed by atoms with van der Waals surface area (Å²) >= 11 is 2.95. The van der Waals surface area contributed by atoms with E-state index in [0.29, 0.717) is 24.0 Å². The van der Waals surface area contributed by atoms with Crippen molar-refractivity contribution < 1.29 is 9.53 Å². The Morgan fingerprint density at radius 1 is 1.53 bits per heavy atom. The maximum absolute atomic E-state index is 12.2. The maximum Gasteiger partial charge on any atom is 0.233 e. The van der Waals surface area contributed by atoms with Crippen LogP contribution in [0, 0.1) is 6.92 Å². The second-order valence-corrected chi connectivity index (χ2v) is 7.04. The third-order valence-electron chi connectivity index (χ3n) is 2.87. The lowest BCUT2D eigenvalue weighted by molar-refractivity contribution is -0.140. The molecule has 19 heavy (non-hydrogen) atoms. The lowest BCUT2D eigenvalue weighted by Gasteiger charge is -2.35. The number of thiazole rings is 1. The highest BCUT2D eigenvalue weighted by Crippen LogP contribution is 2.30. The van der Waals surface area contributed by atoms with Crippen molar-refractivity contribution in [2.75, 3.05) is 24.6 Å². The van der Waals surface area contributed by atoms with E-state index in [1.807, 2.05) is 25.7 Å². The van der Waals surface area contributed by atoms with E-state index in [2.05, 4.69) is 4.98 Å². The van der Waals surface area contributed by atoms with Gasteiger partial charge in [0.1, 0.15) is 0 Å². The number of aryl methyl sites for hydroxylation is 1. The normalized spacial score (nSPS) is 23.6. The number of carbonyl (C=O) groups excluding carboxylic acids is 1. The minimum Gasteiger partial charge on any atom is -0.375 e. The van der Waals surface area contributed by atoms with Crippen molar-refractivity contribution in [1.82, 2.24) is 9.88 Å². The fourth-order valence-corrected chi connectivity index (χ4v) is 4.06. The zero-order valence-electron chi connectivity index (χ0n) is 11.4. The van der Waals surface area contributed by atoms with Gasteiger partial charge in [0.15, 0.2) is 5.13 Å². The average Bonchev–Trinajstić information content (AvgIpc) is 2.63. The summed E-state index contributed by atoms with van der Waals surface area (Å²) in [6, 6.07) is 0. The second kappa shape index (κ2) is 6.11. The van der Waals surface area contributed by atoms with Gasteiger partial charge in [0.05, 0.1) is 27.9 Å². The molecular formula is C12H19N3O2S2. The SMILES string of the molecule is Cc1nc(N)sc1SCC(=O)N1CC(C)OC(C)C1. The predicted molar refractivity (Wildman–Crippen MR) is 78.6 cm³/mol. The molecule has 2 heterocycles. The lowest BCUT2D eigenvalue weighted by Crippen LogP contribution is -2.48. The number of carbonyl (C=O) groups is 1. The van der Waals surface area contributed by atoms with Crippen LogP contribution in [0.5, 0.6) is 0 Å². The van der Waals surface area contributed by atoms with Gasteiger partial charge in [-0.3, -0.25) is 4.79 Å². The third-order valence-corrected chi connectivity index (χ3v) is 5.20. The van der Waals surface area contributed by atoms with Crippen molar-refractivity contribution in [3.05, 3.63) is 5.69 Å². The van der Waals surface area contributed by atoms with E-state index in [0.717, 1.165) is 9.90 Å². The summed E-state index contributed by atoms with van der Waals surface area (Å²) in [5.74, 6) is 0.584. The molecule has 2 rings (SSSR count). The maximum atomic E-state index is 12.2. The molecule has 1 aliphatic heterocycles. The Hall–Kier alpha value is -0.790. The van der Waals surface area contributed by atoms with Crippen molar-refractivity contribution in [2.24, 2.45) is 0 Å². The summed E-state index contributed by atoms with van der Waals surface area (Å²) in [6.45, 7) is 7.26. The molecule has 0 radical (unpaired) electrons. The van der Waals surface area contributed by atoms with Gasteiger partial charge in [0.25, 0.3) is 0 Å². The van der Waals surface area contributed by atoms with E-state index in [-0.39, 0.29) is 18.1 Å². The van der Waals surface area contributed by atoms with Crippen molar-refractivity contribution in [2.45, 2.75) is 37.2 Å². The minimum atomic E-state index is 0.110. The number of morpholine rings is 1. The van der Waals surface area contributed by atoms with Crippen LogP contribution in [0.15, 0.2) is 4.21 Å². The van der Waals surface area contributed by atoms with Crippen LogP contribution in [-0.2, 0) is 9.53 Å². The average molecular weight is 301 g/mol. The fourth-order valence-electron chi connectivity index (χ4n) is 2.14. The second-order valence-electron chi connectivity index (χ2n) is 4.77. The largest absolute Gasteiger partial charge is 0.375 e. The van der Waals surface area contributed by atoms with Gasteiger partial charge in [-0.25, -0.2) is 4.98 Å². The monoisotopic (exact) mass is 301 g/mol. The minimum absolute atomic E-state index is 0.110. The van der Waals surface area contributed by atoms with Crippen molar-refractivity contribution in [3.8, 4) is 0 Å². The molecule has 5 nitrogen and oxygen atoms in total. The molecule has 0 saturated carbocycles. The highest BCUT2D eigenvalue weighted by atomic mass is 32.2. The van der Waals surface area contributed by atoms with Gasteiger partial charge in [-0.1, -0.05) is 11.3 Å². The van der Waals surface area contributed by atoms with Crippen LogP contribution >= 0.6 is 23.1 Å². The van der Waals surface area contributed by atoms with E-state index in [4.69, 9.17) is 10.5 Å². The van der Waals surface area contributed by atoms with Crippen molar-refractivity contribution in [3.63, 3.8) is 0 Å². The molecule has 0 aliphatic carbocycles. The molecule has 0 spiro atoms. The first-order valence-corrected chi connectivity index (χ1v) is 8.05. The molecule has 1 amide bonds. The van der Waals surface area contributed by atoms with Gasteiger partial charge in [-0.05, 0) is 20.8 Å². The van der Waals surface area contributed by atoms with Crippen molar-refractivity contribution in [1.29, 1.82) is 0 Å². The molecule has 1 aliphatic rings. The van der Waals surface area contributed by atoms with Gasteiger partial charge >= 0.3 is 0 Å². The number of nitrogens with zero attached hydrogens (tertiary/aromatic N) is 2. The topological polar surface area (TPSA) is 68.5 Å². The highest BCUT2D eigenvalue weighted by molar-refractivity contribution is 8.01. The van der Waals surface area contributed by atoms with Crippen LogP contribution in [0.25, 0.3) is 0 Å². The van der Waals surface area contributed by atoms with Crippen LogP contribution in [0.1, 0.15) is 19.5 Å². The zero-order valence-corrected chi connectivity index (χ0v) is 13.0. The van der Waals surface area contributed by atoms with Crippen LogP contribution in [0.3, 0.4) is 0 Å². The third kappa shape index (κ3) is 3.84. The molecule has 1 fully saturated rings. The number of anilines is 1. The summed E-state index contributed by atoms with van der Waals surface area (Å²) in [5, 5.41) is 0.557. The van der Waals surface area contributed by atoms with E-state index in [9.17, 15) is 4.79 Å². The molecule has 1 aromatic rings. The number of nitrogens with two attached hydrogens (primary N) is 1. The first-order valence-electron chi connectivity index (χ1n) is 6.24. The molecule has 7 heteroatoms. The Bertz CT molecular complexity index is 454. The summed E-state index contributed by atoms with van der Waals surface area (Å²) in [6.07, 6.45) is 0.219. The number of aromatic nitrogens is 1. The number of amides is 1. The molecule has 2 atom stereocenters. The summed E-state index contributed by atoms with van der Waals surface area (Å²) in [5.41, 5.74) is 6.55. The summed E-state index contributed by atoms with van der Waals surface area (Å²) < 4.78 is 6.65. The number of hydrogen-bond donors (Lipinski definition) is 1. The molecule has 0 bridgehead atoms. The Morgan fingerprint density at radius 2 is 2.16 bits per heavy atom. The van der Waals surface area contributed by atoms with Gasteiger partial charge in [0.2, 0.25) is 5.91 Å². The molecular weight excluding hydrogens is 282 g/mol. The number of hydrogen-bond acceptors (Lipinski definition) is 6. The first-order chi connectivity index (χ1) is 8.95. The molecule has 2 unspecified atom stereocenters. The summed E-state index contributed by atoms with van der Waals surface area (Å²) in [7, 11) is 0. The number of nitrogen functional groups attached to an aromatic ring is 1. The standard InChI is InChI=1S/C12H19N3O2S2/c1-7-4-15(5-8(2)17-7)10(16)6-18-11-9(3)14-12(13)19-11/h7-8H,4-6H2,1-3H3,(H2,13,14). The number of ether oxygens (including phenoxy) is 1. The Balaban J connectivity index is 1.89. The van der Waals surface area contributed by atoms with Gasteiger partial charge in [-0.15, -0.1) is 11.8 Å². The van der Waals surface area contributed by atoms with Crippen LogP contribution in [-0.4, -0.2) is 46.8 Å². The van der Waals surface area contributed by atoms with E-state index < -0.39 is 0 Å². The highest BCUT2D eigenvalue weighted by Gasteiger charge is 2.25. The summed E-state index contributed by atoms with van der Waals surface area (Å²) in [4.78, 5) is 18.2. The molecule has 1 aromatic heterocycles. The molecule has 2 N–H and O–H groups in total. The van der Waals surface area contributed by atoms with E-state index >= 15 is 0 Å². The van der Waals surface area contributed by atoms with Gasteiger partial charge < -0.3 is 15.4 Å². The smallest absolute Gasteiger partial charge is 0.233 e. The zero-order chi connectivity index (χ0) is 14.0. The Labute approximate surface area is 121 Å². The quantitative estimate of drug-likeness (QED) is 0.862. The van der Waals surface area contributed by atoms with Gasteiger partial charge in [-0.2, -0.15) is 0 Å². The Morgan fingerprint density at radius 3 is 2.68 bits per heavy atom.